The van der Waals surface area contributed by atoms with E-state index in [1.165, 1.54) is 89.0 Å². The zero-order chi connectivity index (χ0) is 45.5. The van der Waals surface area contributed by atoms with E-state index in [1.807, 2.05) is 6.07 Å². The normalized spacial score (nSPS) is 16.0. The van der Waals surface area contributed by atoms with E-state index >= 15 is 0 Å². The third kappa shape index (κ3) is 4.81. The van der Waals surface area contributed by atoms with E-state index in [-0.39, 0.29) is 5.41 Å². The van der Waals surface area contributed by atoms with E-state index in [0.29, 0.717) is 0 Å². The number of anilines is 2. The van der Waals surface area contributed by atoms with Gasteiger partial charge in [-0.2, -0.15) is 0 Å². The Morgan fingerprint density at radius 1 is 0.426 bits per heavy atom. The van der Waals surface area contributed by atoms with Gasteiger partial charge in [-0.05, 0) is 138 Å². The first kappa shape index (κ1) is 39.0. The van der Waals surface area contributed by atoms with Crippen LogP contribution in [-0.4, -0.2) is 0 Å². The van der Waals surface area contributed by atoms with Crippen molar-refractivity contribution in [1.29, 1.82) is 0 Å². The van der Waals surface area contributed by atoms with Crippen LogP contribution in [0.15, 0.2) is 241 Å². The molecule has 2 spiro atoms. The Balaban J connectivity index is 1.05. The molecule has 0 saturated carbocycles. The molecule has 0 fully saturated rings. The first-order valence-electron chi connectivity index (χ1n) is 23.9. The Hall–Kier alpha value is -8.20. The molecule has 1 heterocycles. The minimum atomic E-state index is -0.657. The Labute approximate surface area is 397 Å². The standard InChI is InChI=1S/C66H47NO/c1-5-42(67(44-35-37-51-50-24-10-19-33-62(50)68-63(51)40-44)43-34-36-49-46-21-7-11-25-52(46)64(3,4)61(49)39-43)38-60-41(2)45-20-6-12-26-53(45)66(60)58-31-17-15-29-56(58)65(57-30-16-18-32-59(57)66)54-27-13-8-22-47(54)48-23-9-14-28-55(48)65/h5-40H,1H2,2-4H3/b42-38+. The summed E-state index contributed by atoms with van der Waals surface area (Å²) in [5, 5.41) is 2.21. The van der Waals surface area contributed by atoms with Gasteiger partial charge in [-0.15, -0.1) is 0 Å². The van der Waals surface area contributed by atoms with Crippen LogP contribution >= 0.6 is 0 Å². The fraction of sp³-hybridized carbons (Fsp3) is 0.0909. The van der Waals surface area contributed by atoms with Gasteiger partial charge >= 0.3 is 0 Å². The SMILES string of the molecule is C=C/C(=C\C1=C(C)c2ccccc2C12c1ccccc1C1(c3ccccc3-c3ccccc31)c1ccccc12)N(c1ccc2c(c1)C(C)(C)c1ccccc1-2)c1ccc2c(c1)oc1ccccc12. The highest BCUT2D eigenvalue weighted by Gasteiger charge is 2.59. The molecular weight excluding hydrogens is 823 g/mol. The summed E-state index contributed by atoms with van der Waals surface area (Å²) in [6.45, 7) is 11.7. The fourth-order valence-electron chi connectivity index (χ4n) is 13.4. The maximum Gasteiger partial charge on any atom is 0.137 e. The summed E-state index contributed by atoms with van der Waals surface area (Å²) in [6, 6.07) is 76.9. The van der Waals surface area contributed by atoms with Crippen molar-refractivity contribution in [1.82, 2.24) is 0 Å². The predicted octanol–water partition coefficient (Wildman–Crippen LogP) is 16.6. The number of rotatable bonds is 5. The number of furan rings is 1. The maximum atomic E-state index is 6.62. The van der Waals surface area contributed by atoms with E-state index < -0.39 is 10.8 Å². The van der Waals surface area contributed by atoms with E-state index in [2.05, 4.69) is 245 Å². The summed E-state index contributed by atoms with van der Waals surface area (Å²) >= 11 is 0. The minimum Gasteiger partial charge on any atom is -0.456 e. The summed E-state index contributed by atoms with van der Waals surface area (Å²) in [4.78, 5) is 2.40. The van der Waals surface area contributed by atoms with E-state index in [1.54, 1.807) is 0 Å². The molecule has 0 aliphatic heterocycles. The first-order chi connectivity index (χ1) is 33.4. The maximum absolute atomic E-state index is 6.62. The van der Waals surface area contributed by atoms with Crippen LogP contribution in [0.25, 0.3) is 49.8 Å². The van der Waals surface area contributed by atoms with E-state index in [9.17, 15) is 0 Å². The average Bonchev–Trinajstić information content (AvgIpc) is 4.05. The summed E-state index contributed by atoms with van der Waals surface area (Å²) in [7, 11) is 0. The molecule has 322 valence electrons. The lowest BCUT2D eigenvalue weighted by atomic mass is 9.52. The van der Waals surface area contributed by atoms with Gasteiger partial charge in [0.15, 0.2) is 0 Å². The van der Waals surface area contributed by atoms with Gasteiger partial charge in [0.25, 0.3) is 0 Å². The highest BCUT2D eigenvalue weighted by atomic mass is 16.3. The van der Waals surface area contributed by atoms with Crippen LogP contribution in [0.5, 0.6) is 0 Å². The van der Waals surface area contributed by atoms with Crippen LogP contribution in [0.2, 0.25) is 0 Å². The van der Waals surface area contributed by atoms with Gasteiger partial charge in [0.1, 0.15) is 11.2 Å². The lowest BCUT2D eigenvalue weighted by molar-refractivity contribution is 0.629. The number of fused-ring (bicyclic) bond motifs is 19. The highest BCUT2D eigenvalue weighted by Crippen LogP contribution is 2.67. The van der Waals surface area contributed by atoms with Gasteiger partial charge in [0.05, 0.1) is 10.8 Å². The molecule has 4 aliphatic rings. The van der Waals surface area contributed by atoms with Crippen LogP contribution < -0.4 is 4.90 Å². The number of hydrogen-bond donors (Lipinski definition) is 0. The lowest BCUT2D eigenvalue weighted by Crippen LogP contribution is -2.44. The molecule has 2 heteroatoms. The van der Waals surface area contributed by atoms with E-state index in [0.717, 1.165) is 39.0 Å². The third-order valence-electron chi connectivity index (χ3n) is 16.2. The van der Waals surface area contributed by atoms with Crippen molar-refractivity contribution in [2.45, 2.75) is 37.0 Å². The molecule has 0 saturated heterocycles. The third-order valence-corrected chi connectivity index (χ3v) is 16.2. The van der Waals surface area contributed by atoms with Crippen LogP contribution in [0.3, 0.4) is 0 Å². The molecule has 68 heavy (non-hydrogen) atoms. The number of allylic oxidation sites excluding steroid dienone is 4. The van der Waals surface area contributed by atoms with Crippen molar-refractivity contribution < 1.29 is 4.42 Å². The Bertz CT molecular complexity index is 3790. The second-order valence-electron chi connectivity index (χ2n) is 19.6. The van der Waals surface area contributed by atoms with Crippen molar-refractivity contribution in [2.24, 2.45) is 0 Å². The van der Waals surface area contributed by atoms with Crippen molar-refractivity contribution in [3.8, 4) is 22.3 Å². The molecule has 4 aliphatic carbocycles. The second-order valence-corrected chi connectivity index (χ2v) is 19.6. The smallest absolute Gasteiger partial charge is 0.137 e. The fourth-order valence-corrected chi connectivity index (χ4v) is 13.4. The molecule has 0 N–H and O–H groups in total. The predicted molar refractivity (Wildman–Crippen MR) is 281 cm³/mol. The molecule has 1 aromatic heterocycles. The number of nitrogens with zero attached hydrogens (tertiary/aromatic N) is 1. The monoisotopic (exact) mass is 869 g/mol. The van der Waals surface area contributed by atoms with Crippen LogP contribution in [0.4, 0.5) is 11.4 Å². The minimum absolute atomic E-state index is 0.187. The Morgan fingerprint density at radius 2 is 0.868 bits per heavy atom. The molecule has 0 radical (unpaired) electrons. The summed E-state index contributed by atoms with van der Waals surface area (Å²) in [6.07, 6.45) is 4.51. The molecule has 2 nitrogen and oxygen atoms in total. The average molecular weight is 870 g/mol. The number of benzene rings is 9. The second kappa shape index (κ2) is 13.9. The molecule has 0 bridgehead atoms. The number of hydrogen-bond acceptors (Lipinski definition) is 2. The molecule has 0 unspecified atom stereocenters. The Kier molecular flexibility index (Phi) is 7.99. The Morgan fingerprint density at radius 3 is 1.49 bits per heavy atom. The van der Waals surface area contributed by atoms with Gasteiger partial charge in [-0.1, -0.05) is 190 Å². The van der Waals surface area contributed by atoms with Crippen molar-refractivity contribution in [2.75, 3.05) is 4.90 Å². The lowest BCUT2D eigenvalue weighted by Gasteiger charge is -2.49. The van der Waals surface area contributed by atoms with Gasteiger partial charge in [-0.3, -0.25) is 0 Å². The first-order valence-corrected chi connectivity index (χ1v) is 23.9. The van der Waals surface area contributed by atoms with Gasteiger partial charge in [-0.25, -0.2) is 0 Å². The van der Waals surface area contributed by atoms with Crippen LogP contribution in [0, 0.1) is 0 Å². The van der Waals surface area contributed by atoms with Crippen molar-refractivity contribution in [3.05, 3.63) is 292 Å². The van der Waals surface area contributed by atoms with Gasteiger partial charge in [0, 0.05) is 39.3 Å². The van der Waals surface area contributed by atoms with Gasteiger partial charge in [0.2, 0.25) is 0 Å². The van der Waals surface area contributed by atoms with Crippen LogP contribution in [0.1, 0.15) is 76.4 Å². The van der Waals surface area contributed by atoms with Crippen LogP contribution in [-0.2, 0) is 16.2 Å². The molecule has 0 amide bonds. The van der Waals surface area contributed by atoms with Crippen molar-refractivity contribution in [3.63, 3.8) is 0 Å². The summed E-state index contributed by atoms with van der Waals surface area (Å²) < 4.78 is 6.62. The molecule has 14 rings (SSSR count). The zero-order valence-electron chi connectivity index (χ0n) is 38.3. The topological polar surface area (TPSA) is 16.4 Å². The van der Waals surface area contributed by atoms with Crippen molar-refractivity contribution >= 4 is 38.9 Å². The molecule has 0 atom stereocenters. The highest BCUT2D eigenvalue weighted by molar-refractivity contribution is 6.06. The zero-order valence-corrected chi connectivity index (χ0v) is 38.3. The summed E-state index contributed by atoms with van der Waals surface area (Å²) in [5.41, 5.74) is 24.2. The summed E-state index contributed by atoms with van der Waals surface area (Å²) in [5.74, 6) is 0. The number of para-hydroxylation sites is 1. The van der Waals surface area contributed by atoms with E-state index in [4.69, 9.17) is 4.42 Å². The van der Waals surface area contributed by atoms with Gasteiger partial charge < -0.3 is 9.32 Å². The molecule has 9 aromatic carbocycles. The largest absolute Gasteiger partial charge is 0.456 e. The molecular formula is C66H47NO. The molecule has 10 aromatic rings. The quantitative estimate of drug-likeness (QED) is 0.160.